The summed E-state index contributed by atoms with van der Waals surface area (Å²) in [4.78, 5) is 12.8. The Bertz CT molecular complexity index is 1160. The molecule has 5 rings (SSSR count). The Morgan fingerprint density at radius 1 is 0.889 bits per heavy atom. The monoisotopic (exact) mass is 485 g/mol. The Balaban J connectivity index is 1.25. The van der Waals surface area contributed by atoms with Crippen molar-refractivity contribution in [2.75, 3.05) is 13.7 Å². The first-order valence-electron chi connectivity index (χ1n) is 13.1. The molecule has 2 atom stereocenters. The van der Waals surface area contributed by atoms with Crippen molar-refractivity contribution in [3.8, 4) is 17.2 Å². The van der Waals surface area contributed by atoms with Gasteiger partial charge in [-0.2, -0.15) is 0 Å². The lowest BCUT2D eigenvalue weighted by molar-refractivity contribution is -0.126. The van der Waals surface area contributed by atoms with Gasteiger partial charge in [-0.3, -0.25) is 4.79 Å². The minimum atomic E-state index is -0.0885. The molecular weight excluding hydrogens is 450 g/mol. The molecule has 1 heterocycles. The van der Waals surface area contributed by atoms with Crippen LogP contribution in [0.15, 0.2) is 72.8 Å². The fraction of sp³-hybridized carbons (Fsp3) is 0.387. The molecule has 0 radical (unpaired) electrons. The van der Waals surface area contributed by atoms with Gasteiger partial charge in [-0.1, -0.05) is 48.5 Å². The number of amides is 1. The van der Waals surface area contributed by atoms with Crippen LogP contribution in [-0.2, 0) is 17.8 Å². The molecule has 188 valence electrons. The zero-order valence-corrected chi connectivity index (χ0v) is 21.0. The van der Waals surface area contributed by atoms with E-state index in [1.54, 1.807) is 7.11 Å². The lowest BCUT2D eigenvalue weighted by Gasteiger charge is -2.30. The van der Waals surface area contributed by atoms with Crippen LogP contribution in [0.4, 0.5) is 0 Å². The SMILES string of the molecule is COc1ccc([C@H]2CNC(=O)[C@@H](Cc3cccc(OCc4ccccc4)c3)C2)cc1OC1CCCC1. The molecule has 1 saturated heterocycles. The molecule has 36 heavy (non-hydrogen) atoms. The lowest BCUT2D eigenvalue weighted by Crippen LogP contribution is -2.41. The van der Waals surface area contributed by atoms with Gasteiger partial charge in [0.1, 0.15) is 12.4 Å². The summed E-state index contributed by atoms with van der Waals surface area (Å²) in [6.45, 7) is 1.17. The Labute approximate surface area is 213 Å². The molecule has 3 aromatic rings. The zero-order valence-electron chi connectivity index (χ0n) is 21.0. The second-order valence-electron chi connectivity index (χ2n) is 9.94. The Hall–Kier alpha value is -3.47. The topological polar surface area (TPSA) is 56.8 Å². The molecule has 0 spiro atoms. The van der Waals surface area contributed by atoms with Crippen molar-refractivity contribution in [3.63, 3.8) is 0 Å². The highest BCUT2D eigenvalue weighted by atomic mass is 16.5. The molecule has 1 N–H and O–H groups in total. The third-order valence-electron chi connectivity index (χ3n) is 7.35. The van der Waals surface area contributed by atoms with E-state index in [2.05, 4.69) is 41.7 Å². The van der Waals surface area contributed by atoms with Gasteiger partial charge in [0.25, 0.3) is 0 Å². The van der Waals surface area contributed by atoms with Crippen molar-refractivity contribution in [3.05, 3.63) is 89.5 Å². The molecule has 2 fully saturated rings. The summed E-state index contributed by atoms with van der Waals surface area (Å²) in [5.74, 6) is 2.69. The highest BCUT2D eigenvalue weighted by Crippen LogP contribution is 2.37. The van der Waals surface area contributed by atoms with Gasteiger partial charge in [0.2, 0.25) is 5.91 Å². The molecule has 2 aliphatic rings. The molecule has 0 aromatic heterocycles. The first kappa shape index (κ1) is 24.2. The van der Waals surface area contributed by atoms with E-state index in [0.29, 0.717) is 19.6 Å². The van der Waals surface area contributed by atoms with Crippen molar-refractivity contribution in [2.45, 2.75) is 57.2 Å². The third-order valence-corrected chi connectivity index (χ3v) is 7.35. The molecule has 5 heteroatoms. The van der Waals surface area contributed by atoms with Gasteiger partial charge in [0.15, 0.2) is 11.5 Å². The first-order valence-corrected chi connectivity index (χ1v) is 13.1. The van der Waals surface area contributed by atoms with Crippen molar-refractivity contribution < 1.29 is 19.0 Å². The van der Waals surface area contributed by atoms with Crippen LogP contribution in [0.5, 0.6) is 17.2 Å². The lowest BCUT2D eigenvalue weighted by atomic mass is 9.82. The van der Waals surface area contributed by atoms with Gasteiger partial charge in [-0.25, -0.2) is 0 Å². The Morgan fingerprint density at radius 3 is 2.50 bits per heavy atom. The van der Waals surface area contributed by atoms with Gasteiger partial charge >= 0.3 is 0 Å². The summed E-state index contributed by atoms with van der Waals surface area (Å²) in [6.07, 6.45) is 6.40. The van der Waals surface area contributed by atoms with E-state index in [4.69, 9.17) is 14.2 Å². The number of ether oxygens (including phenoxy) is 3. The van der Waals surface area contributed by atoms with Crippen molar-refractivity contribution in [2.24, 2.45) is 5.92 Å². The molecule has 1 amide bonds. The molecule has 1 aliphatic heterocycles. The van der Waals surface area contributed by atoms with Crippen molar-refractivity contribution >= 4 is 5.91 Å². The van der Waals surface area contributed by atoms with E-state index in [-0.39, 0.29) is 23.8 Å². The molecule has 5 nitrogen and oxygen atoms in total. The summed E-state index contributed by atoms with van der Waals surface area (Å²) < 4.78 is 17.9. The standard InChI is InChI=1S/C31H35NO4/c1-34-29-15-14-24(19-30(29)36-27-11-5-6-12-27)26-18-25(31(33)32-20-26)16-23-10-7-13-28(17-23)35-21-22-8-3-2-4-9-22/h2-4,7-10,13-15,17,19,25-27H,5-6,11-12,16,18,20-21H2,1H3,(H,32,33)/t25-,26+/m0/s1. The maximum absolute atomic E-state index is 12.8. The number of benzene rings is 3. The van der Waals surface area contributed by atoms with Gasteiger partial charge in [0, 0.05) is 18.4 Å². The van der Waals surface area contributed by atoms with Crippen LogP contribution in [0.1, 0.15) is 54.7 Å². The minimum absolute atomic E-state index is 0.0885. The van der Waals surface area contributed by atoms with Gasteiger partial charge in [-0.05, 0) is 79.5 Å². The van der Waals surface area contributed by atoms with Crippen molar-refractivity contribution in [1.82, 2.24) is 5.32 Å². The summed E-state index contributed by atoms with van der Waals surface area (Å²) in [5.41, 5.74) is 3.43. The second-order valence-corrected chi connectivity index (χ2v) is 9.94. The quantitative estimate of drug-likeness (QED) is 0.400. The Kier molecular flexibility index (Phi) is 7.75. The summed E-state index contributed by atoms with van der Waals surface area (Å²) in [5, 5.41) is 3.14. The average Bonchev–Trinajstić information content (AvgIpc) is 3.43. The van der Waals surface area contributed by atoms with E-state index < -0.39 is 0 Å². The number of carbonyl (C=O) groups is 1. The predicted octanol–water partition coefficient (Wildman–Crippen LogP) is 6.06. The van der Waals surface area contributed by atoms with Crippen LogP contribution in [0.3, 0.4) is 0 Å². The van der Waals surface area contributed by atoms with Crippen LogP contribution in [0, 0.1) is 5.92 Å². The van der Waals surface area contributed by atoms with E-state index in [1.165, 1.54) is 18.4 Å². The molecular formula is C31H35NO4. The molecule has 0 unspecified atom stereocenters. The highest BCUT2D eigenvalue weighted by molar-refractivity contribution is 5.80. The highest BCUT2D eigenvalue weighted by Gasteiger charge is 2.30. The summed E-state index contributed by atoms with van der Waals surface area (Å²) in [7, 11) is 1.69. The molecule has 0 bridgehead atoms. The number of rotatable bonds is 9. The molecule has 3 aromatic carbocycles. The molecule has 1 aliphatic carbocycles. The second kappa shape index (κ2) is 11.5. The maximum Gasteiger partial charge on any atom is 0.223 e. The fourth-order valence-corrected chi connectivity index (χ4v) is 5.34. The summed E-state index contributed by atoms with van der Waals surface area (Å²) in [6, 6.07) is 24.5. The van der Waals surface area contributed by atoms with E-state index in [0.717, 1.165) is 47.6 Å². The fourth-order valence-electron chi connectivity index (χ4n) is 5.34. The zero-order chi connectivity index (χ0) is 24.7. The summed E-state index contributed by atoms with van der Waals surface area (Å²) >= 11 is 0. The average molecular weight is 486 g/mol. The van der Waals surface area contributed by atoms with E-state index in [1.807, 2.05) is 36.4 Å². The largest absolute Gasteiger partial charge is 0.493 e. The first-order chi connectivity index (χ1) is 17.7. The number of carbonyl (C=O) groups excluding carboxylic acids is 1. The minimum Gasteiger partial charge on any atom is -0.493 e. The third kappa shape index (κ3) is 6.01. The van der Waals surface area contributed by atoms with Crippen LogP contribution in [-0.4, -0.2) is 25.7 Å². The number of piperidine rings is 1. The Morgan fingerprint density at radius 2 is 1.69 bits per heavy atom. The smallest absolute Gasteiger partial charge is 0.223 e. The number of methoxy groups -OCH3 is 1. The van der Waals surface area contributed by atoms with Crippen LogP contribution >= 0.6 is 0 Å². The molecule has 1 saturated carbocycles. The number of hydrogen-bond acceptors (Lipinski definition) is 4. The van der Waals surface area contributed by atoms with Crippen LogP contribution < -0.4 is 19.5 Å². The van der Waals surface area contributed by atoms with Gasteiger partial charge in [-0.15, -0.1) is 0 Å². The van der Waals surface area contributed by atoms with Crippen LogP contribution in [0.2, 0.25) is 0 Å². The van der Waals surface area contributed by atoms with Gasteiger partial charge in [0.05, 0.1) is 13.2 Å². The normalized spacial score (nSPS) is 20.1. The van der Waals surface area contributed by atoms with Crippen molar-refractivity contribution in [1.29, 1.82) is 0 Å². The predicted molar refractivity (Wildman–Crippen MR) is 141 cm³/mol. The van der Waals surface area contributed by atoms with E-state index in [9.17, 15) is 4.79 Å². The number of nitrogens with one attached hydrogen (secondary N) is 1. The van der Waals surface area contributed by atoms with Crippen LogP contribution in [0.25, 0.3) is 0 Å². The van der Waals surface area contributed by atoms with E-state index >= 15 is 0 Å². The number of hydrogen-bond donors (Lipinski definition) is 1. The maximum atomic E-state index is 12.8. The van der Waals surface area contributed by atoms with Gasteiger partial charge < -0.3 is 19.5 Å².